The van der Waals surface area contributed by atoms with Crippen LogP contribution in [0.1, 0.15) is 18.9 Å². The number of benzene rings is 1. The standard InChI is InChI=1S/C14H15Cl2NO2S/c1-2-19-14(18)12-8-20-13(17-12)7-6-9-10(15)4-3-5-11(9)16/h3-5,12H,2,6-8H2,1H3/t12-/m1/s1. The molecule has 1 aliphatic rings. The van der Waals surface area contributed by atoms with Gasteiger partial charge in [0.1, 0.15) is 0 Å². The van der Waals surface area contributed by atoms with Crippen LogP contribution in [0.4, 0.5) is 0 Å². The van der Waals surface area contributed by atoms with Gasteiger partial charge in [-0.1, -0.05) is 29.3 Å². The highest BCUT2D eigenvalue weighted by molar-refractivity contribution is 8.14. The van der Waals surface area contributed by atoms with E-state index in [2.05, 4.69) is 4.99 Å². The average Bonchev–Trinajstić information content (AvgIpc) is 2.87. The van der Waals surface area contributed by atoms with Gasteiger partial charge in [0.2, 0.25) is 0 Å². The summed E-state index contributed by atoms with van der Waals surface area (Å²) in [6.45, 7) is 2.18. The predicted octanol–water partition coefficient (Wildman–Crippen LogP) is 4.00. The van der Waals surface area contributed by atoms with E-state index >= 15 is 0 Å². The molecule has 0 saturated carbocycles. The molecule has 0 unspecified atom stereocenters. The molecule has 0 amide bonds. The monoisotopic (exact) mass is 331 g/mol. The maximum atomic E-state index is 11.6. The van der Waals surface area contributed by atoms with Gasteiger partial charge in [0.05, 0.1) is 11.7 Å². The lowest BCUT2D eigenvalue weighted by Gasteiger charge is -2.06. The zero-order valence-corrected chi connectivity index (χ0v) is 13.4. The van der Waals surface area contributed by atoms with Crippen LogP contribution in [-0.4, -0.2) is 29.4 Å². The maximum Gasteiger partial charge on any atom is 0.331 e. The van der Waals surface area contributed by atoms with Gasteiger partial charge in [0.15, 0.2) is 6.04 Å². The molecule has 3 nitrogen and oxygen atoms in total. The Morgan fingerprint density at radius 2 is 2.10 bits per heavy atom. The number of esters is 1. The number of thioether (sulfide) groups is 1. The number of carbonyl (C=O) groups excluding carboxylic acids is 1. The molecule has 0 bridgehead atoms. The van der Waals surface area contributed by atoms with Crippen molar-refractivity contribution in [3.8, 4) is 0 Å². The van der Waals surface area contributed by atoms with E-state index in [1.54, 1.807) is 18.7 Å². The van der Waals surface area contributed by atoms with Crippen LogP contribution in [0, 0.1) is 0 Å². The van der Waals surface area contributed by atoms with Crippen molar-refractivity contribution in [1.29, 1.82) is 0 Å². The molecule has 0 fully saturated rings. The summed E-state index contributed by atoms with van der Waals surface area (Å²) < 4.78 is 4.97. The lowest BCUT2D eigenvalue weighted by Crippen LogP contribution is -2.21. The summed E-state index contributed by atoms with van der Waals surface area (Å²) in [6.07, 6.45) is 1.46. The average molecular weight is 332 g/mol. The normalized spacial score (nSPS) is 17.9. The molecule has 0 spiro atoms. The van der Waals surface area contributed by atoms with Crippen molar-refractivity contribution >= 4 is 46.0 Å². The smallest absolute Gasteiger partial charge is 0.331 e. The van der Waals surface area contributed by atoms with E-state index in [0.717, 1.165) is 23.4 Å². The molecule has 6 heteroatoms. The fourth-order valence-electron chi connectivity index (χ4n) is 1.92. The van der Waals surface area contributed by atoms with Crippen molar-refractivity contribution in [2.24, 2.45) is 4.99 Å². The molecule has 0 aromatic heterocycles. The molecule has 108 valence electrons. The van der Waals surface area contributed by atoms with Crippen LogP contribution in [0.3, 0.4) is 0 Å². The summed E-state index contributed by atoms with van der Waals surface area (Å²) in [5, 5.41) is 2.30. The molecule has 1 atom stereocenters. The second-order valence-corrected chi connectivity index (χ2v) is 6.21. The lowest BCUT2D eigenvalue weighted by molar-refractivity contribution is -0.143. The van der Waals surface area contributed by atoms with Gasteiger partial charge in [-0.2, -0.15) is 0 Å². The van der Waals surface area contributed by atoms with Crippen LogP contribution < -0.4 is 0 Å². The van der Waals surface area contributed by atoms with Crippen LogP contribution in [0.15, 0.2) is 23.2 Å². The molecule has 0 radical (unpaired) electrons. The highest BCUT2D eigenvalue weighted by Gasteiger charge is 2.25. The number of hydrogen-bond acceptors (Lipinski definition) is 4. The minimum absolute atomic E-state index is 0.245. The first-order valence-electron chi connectivity index (χ1n) is 6.40. The van der Waals surface area contributed by atoms with Crippen molar-refractivity contribution in [1.82, 2.24) is 0 Å². The number of nitrogens with zero attached hydrogens (tertiary/aromatic N) is 1. The topological polar surface area (TPSA) is 38.7 Å². The fraction of sp³-hybridized carbons (Fsp3) is 0.429. The summed E-state index contributed by atoms with van der Waals surface area (Å²) in [6, 6.07) is 5.12. The third kappa shape index (κ3) is 3.90. The Morgan fingerprint density at radius 1 is 1.40 bits per heavy atom. The molecular formula is C14H15Cl2NO2S. The highest BCUT2D eigenvalue weighted by Crippen LogP contribution is 2.28. The Balaban J connectivity index is 1.95. The van der Waals surface area contributed by atoms with Crippen molar-refractivity contribution < 1.29 is 9.53 Å². The van der Waals surface area contributed by atoms with Crippen molar-refractivity contribution in [2.45, 2.75) is 25.8 Å². The molecule has 1 aromatic rings. The fourth-order valence-corrected chi connectivity index (χ4v) is 3.52. The summed E-state index contributed by atoms with van der Waals surface area (Å²) in [7, 11) is 0. The third-order valence-corrected chi connectivity index (χ3v) is 4.75. The Labute approximate surface area is 132 Å². The molecule has 1 aliphatic heterocycles. The van der Waals surface area contributed by atoms with Gasteiger partial charge >= 0.3 is 5.97 Å². The summed E-state index contributed by atoms with van der Waals surface area (Å²) in [5.74, 6) is 0.413. The first-order valence-corrected chi connectivity index (χ1v) is 8.15. The SMILES string of the molecule is CCOC(=O)[C@H]1CSC(CCc2c(Cl)cccc2Cl)=N1. The van der Waals surface area contributed by atoms with E-state index in [9.17, 15) is 4.79 Å². The Morgan fingerprint density at radius 3 is 2.75 bits per heavy atom. The zero-order chi connectivity index (χ0) is 14.5. The van der Waals surface area contributed by atoms with Crippen molar-refractivity contribution in [3.05, 3.63) is 33.8 Å². The number of ether oxygens (including phenoxy) is 1. The van der Waals surface area contributed by atoms with Gasteiger partial charge in [-0.3, -0.25) is 4.99 Å². The van der Waals surface area contributed by atoms with Gasteiger partial charge in [-0.05, 0) is 37.5 Å². The highest BCUT2D eigenvalue weighted by atomic mass is 35.5. The molecule has 20 heavy (non-hydrogen) atoms. The van der Waals surface area contributed by atoms with Crippen LogP contribution in [-0.2, 0) is 16.0 Å². The van der Waals surface area contributed by atoms with E-state index in [4.69, 9.17) is 27.9 Å². The van der Waals surface area contributed by atoms with E-state index < -0.39 is 0 Å². The Hall–Kier alpha value is -0.710. The molecule has 1 aromatic carbocycles. The summed E-state index contributed by atoms with van der Waals surface area (Å²) >= 11 is 13.9. The molecule has 2 rings (SSSR count). The van der Waals surface area contributed by atoms with Crippen molar-refractivity contribution in [3.63, 3.8) is 0 Å². The zero-order valence-electron chi connectivity index (χ0n) is 11.1. The first-order chi connectivity index (χ1) is 9.61. The molecule has 0 aliphatic carbocycles. The van der Waals surface area contributed by atoms with E-state index in [1.165, 1.54) is 0 Å². The van der Waals surface area contributed by atoms with E-state index in [0.29, 0.717) is 22.4 Å². The Kier molecular flexibility index (Phi) is 5.75. The second kappa shape index (κ2) is 7.34. The molecule has 0 saturated heterocycles. The minimum atomic E-state index is -0.364. The van der Waals surface area contributed by atoms with Gasteiger partial charge in [-0.15, -0.1) is 11.8 Å². The van der Waals surface area contributed by atoms with Crippen LogP contribution in [0.2, 0.25) is 10.0 Å². The third-order valence-electron chi connectivity index (χ3n) is 2.92. The Bertz CT molecular complexity index is 514. The van der Waals surface area contributed by atoms with Crippen LogP contribution in [0.25, 0.3) is 0 Å². The van der Waals surface area contributed by atoms with Crippen LogP contribution >= 0.6 is 35.0 Å². The van der Waals surface area contributed by atoms with Crippen molar-refractivity contribution in [2.75, 3.05) is 12.4 Å². The molecule has 0 N–H and O–H groups in total. The summed E-state index contributed by atoms with van der Waals surface area (Å²) in [5.41, 5.74) is 0.929. The quantitative estimate of drug-likeness (QED) is 0.765. The van der Waals surface area contributed by atoms with Gasteiger partial charge in [0.25, 0.3) is 0 Å². The van der Waals surface area contributed by atoms with Gasteiger partial charge < -0.3 is 4.74 Å². The van der Waals surface area contributed by atoms with Crippen LogP contribution in [0.5, 0.6) is 0 Å². The van der Waals surface area contributed by atoms with Gasteiger partial charge in [0, 0.05) is 15.8 Å². The number of carbonyl (C=O) groups is 1. The molecular weight excluding hydrogens is 317 g/mol. The lowest BCUT2D eigenvalue weighted by atomic mass is 10.1. The molecule has 1 heterocycles. The summed E-state index contributed by atoms with van der Waals surface area (Å²) in [4.78, 5) is 16.0. The van der Waals surface area contributed by atoms with E-state index in [-0.39, 0.29) is 12.0 Å². The number of aliphatic imine (C=N–C) groups is 1. The van der Waals surface area contributed by atoms with Gasteiger partial charge in [-0.25, -0.2) is 4.79 Å². The maximum absolute atomic E-state index is 11.6. The first kappa shape index (κ1) is 15.7. The largest absolute Gasteiger partial charge is 0.464 e. The second-order valence-electron chi connectivity index (χ2n) is 4.30. The minimum Gasteiger partial charge on any atom is -0.464 e. The predicted molar refractivity (Wildman–Crippen MR) is 85.1 cm³/mol. The number of hydrogen-bond donors (Lipinski definition) is 0. The van der Waals surface area contributed by atoms with E-state index in [1.807, 2.05) is 18.2 Å². The number of halogens is 2. The number of rotatable bonds is 5.